The Bertz CT molecular complexity index is 180. The Labute approximate surface area is 56.0 Å². The Kier molecular flexibility index (Phi) is 0.564. The van der Waals surface area contributed by atoms with Gasteiger partial charge in [-0.05, 0) is 42.9 Å². The number of rotatable bonds is 0. The van der Waals surface area contributed by atoms with Crippen molar-refractivity contribution < 1.29 is 0 Å². The third kappa shape index (κ3) is 0.309. The first-order valence-electron chi connectivity index (χ1n) is 4.08. The van der Waals surface area contributed by atoms with Crippen molar-refractivity contribution in [3.05, 3.63) is 12.2 Å². The molecule has 9 heavy (non-hydrogen) atoms. The standard InChI is InChI=1S/C9H12/c1-2-7-6-8-3-5-9(7,8)4-1/h1-2,7-8H,3-6H2. The van der Waals surface area contributed by atoms with Gasteiger partial charge in [-0.1, -0.05) is 12.2 Å². The van der Waals surface area contributed by atoms with Crippen LogP contribution in [0.5, 0.6) is 0 Å². The van der Waals surface area contributed by atoms with Crippen LogP contribution in [0.15, 0.2) is 12.2 Å². The normalized spacial score (nSPS) is 59.6. The zero-order valence-electron chi connectivity index (χ0n) is 5.64. The van der Waals surface area contributed by atoms with E-state index in [-0.39, 0.29) is 0 Å². The highest BCUT2D eigenvalue weighted by Crippen LogP contribution is 2.69. The van der Waals surface area contributed by atoms with Crippen LogP contribution in [-0.2, 0) is 0 Å². The molecule has 0 bridgehead atoms. The van der Waals surface area contributed by atoms with E-state index in [0.717, 1.165) is 17.3 Å². The van der Waals surface area contributed by atoms with Crippen molar-refractivity contribution in [3.8, 4) is 0 Å². The van der Waals surface area contributed by atoms with Gasteiger partial charge in [0, 0.05) is 0 Å². The van der Waals surface area contributed by atoms with Gasteiger partial charge in [0.1, 0.15) is 0 Å². The van der Waals surface area contributed by atoms with Crippen molar-refractivity contribution in [1.29, 1.82) is 0 Å². The predicted molar refractivity (Wildman–Crippen MR) is 37.0 cm³/mol. The molecule has 0 aromatic carbocycles. The molecule has 3 aliphatic rings. The van der Waals surface area contributed by atoms with Crippen LogP contribution in [0.25, 0.3) is 0 Å². The maximum absolute atomic E-state index is 2.45. The lowest BCUT2D eigenvalue weighted by Crippen LogP contribution is -2.53. The van der Waals surface area contributed by atoms with E-state index in [2.05, 4.69) is 12.2 Å². The van der Waals surface area contributed by atoms with E-state index >= 15 is 0 Å². The summed E-state index contributed by atoms with van der Waals surface area (Å²) < 4.78 is 0. The summed E-state index contributed by atoms with van der Waals surface area (Å²) in [4.78, 5) is 0. The van der Waals surface area contributed by atoms with Crippen LogP contribution in [0.4, 0.5) is 0 Å². The lowest BCUT2D eigenvalue weighted by Gasteiger charge is -2.61. The molecule has 0 heteroatoms. The summed E-state index contributed by atoms with van der Waals surface area (Å²) in [5.41, 5.74) is 0.861. The Hall–Kier alpha value is -0.260. The molecule has 0 saturated heterocycles. The fraction of sp³-hybridized carbons (Fsp3) is 0.778. The van der Waals surface area contributed by atoms with Gasteiger partial charge in [-0.25, -0.2) is 0 Å². The van der Waals surface area contributed by atoms with Gasteiger partial charge in [0.2, 0.25) is 0 Å². The van der Waals surface area contributed by atoms with Crippen LogP contribution in [0.3, 0.4) is 0 Å². The van der Waals surface area contributed by atoms with Gasteiger partial charge in [-0.2, -0.15) is 0 Å². The first kappa shape index (κ1) is 4.54. The molecule has 0 aromatic rings. The molecule has 1 spiro atoms. The zero-order chi connectivity index (χ0) is 5.90. The van der Waals surface area contributed by atoms with Crippen molar-refractivity contribution in [1.82, 2.24) is 0 Å². The minimum absolute atomic E-state index is 0.861. The fourth-order valence-electron chi connectivity index (χ4n) is 3.08. The average Bonchev–Trinajstić information content (AvgIpc) is 2.23. The third-order valence-electron chi connectivity index (χ3n) is 3.91. The Morgan fingerprint density at radius 2 is 2.44 bits per heavy atom. The Morgan fingerprint density at radius 3 is 2.89 bits per heavy atom. The number of hydrogen-bond acceptors (Lipinski definition) is 0. The molecule has 3 aliphatic carbocycles. The molecule has 0 radical (unpaired) electrons. The second kappa shape index (κ2) is 1.12. The molecule has 48 valence electrons. The van der Waals surface area contributed by atoms with Gasteiger partial charge < -0.3 is 0 Å². The summed E-state index contributed by atoms with van der Waals surface area (Å²) in [7, 11) is 0. The van der Waals surface area contributed by atoms with E-state index < -0.39 is 0 Å². The molecule has 0 nitrogen and oxygen atoms in total. The molecule has 3 unspecified atom stereocenters. The van der Waals surface area contributed by atoms with Gasteiger partial charge in [0.05, 0.1) is 0 Å². The molecular formula is C9H12. The van der Waals surface area contributed by atoms with Crippen molar-refractivity contribution in [2.75, 3.05) is 0 Å². The molecular weight excluding hydrogens is 108 g/mol. The van der Waals surface area contributed by atoms with Gasteiger partial charge >= 0.3 is 0 Å². The van der Waals surface area contributed by atoms with Crippen molar-refractivity contribution in [2.24, 2.45) is 17.3 Å². The summed E-state index contributed by atoms with van der Waals surface area (Å²) in [6.45, 7) is 0. The maximum atomic E-state index is 2.45. The van der Waals surface area contributed by atoms with Gasteiger partial charge in [0.15, 0.2) is 0 Å². The van der Waals surface area contributed by atoms with E-state index in [1.807, 2.05) is 0 Å². The van der Waals surface area contributed by atoms with E-state index in [1.165, 1.54) is 25.7 Å². The first-order valence-corrected chi connectivity index (χ1v) is 4.08. The lowest BCUT2D eigenvalue weighted by atomic mass is 9.43. The molecule has 3 rings (SSSR count). The largest absolute Gasteiger partial charge is 0.0877 e. The minimum Gasteiger partial charge on any atom is -0.0877 e. The fourth-order valence-corrected chi connectivity index (χ4v) is 3.08. The molecule has 0 heterocycles. The summed E-state index contributed by atoms with van der Waals surface area (Å²) in [5, 5.41) is 0. The summed E-state index contributed by atoms with van der Waals surface area (Å²) in [6, 6.07) is 0. The van der Waals surface area contributed by atoms with Crippen molar-refractivity contribution in [2.45, 2.75) is 25.7 Å². The molecule has 3 atom stereocenters. The predicted octanol–water partition coefficient (Wildman–Crippen LogP) is 2.36. The van der Waals surface area contributed by atoms with Crippen molar-refractivity contribution in [3.63, 3.8) is 0 Å². The van der Waals surface area contributed by atoms with Crippen molar-refractivity contribution >= 4 is 0 Å². The Morgan fingerprint density at radius 1 is 1.44 bits per heavy atom. The molecule has 2 fully saturated rings. The van der Waals surface area contributed by atoms with Crippen LogP contribution in [0, 0.1) is 17.3 Å². The molecule has 0 aromatic heterocycles. The molecule has 0 amide bonds. The van der Waals surface area contributed by atoms with Crippen LogP contribution in [0.1, 0.15) is 25.7 Å². The summed E-state index contributed by atoms with van der Waals surface area (Å²) in [6.07, 6.45) is 10.9. The highest BCUT2D eigenvalue weighted by atomic mass is 14.6. The van der Waals surface area contributed by atoms with Gasteiger partial charge in [-0.15, -0.1) is 0 Å². The second-order valence-electron chi connectivity index (χ2n) is 3.94. The third-order valence-corrected chi connectivity index (χ3v) is 3.91. The molecule has 2 saturated carbocycles. The summed E-state index contributed by atoms with van der Waals surface area (Å²) >= 11 is 0. The monoisotopic (exact) mass is 120 g/mol. The van der Waals surface area contributed by atoms with Crippen LogP contribution in [0.2, 0.25) is 0 Å². The highest BCUT2D eigenvalue weighted by molar-refractivity contribution is 5.22. The quantitative estimate of drug-likeness (QED) is 0.430. The van der Waals surface area contributed by atoms with Crippen LogP contribution >= 0.6 is 0 Å². The molecule has 0 N–H and O–H groups in total. The molecule has 0 aliphatic heterocycles. The number of hydrogen-bond donors (Lipinski definition) is 0. The van der Waals surface area contributed by atoms with Crippen LogP contribution in [-0.4, -0.2) is 0 Å². The number of allylic oxidation sites excluding steroid dienone is 2. The SMILES string of the molecule is C1=CC2CC3CCC23C1. The topological polar surface area (TPSA) is 0 Å². The van der Waals surface area contributed by atoms with Crippen LogP contribution < -0.4 is 0 Å². The van der Waals surface area contributed by atoms with E-state index in [9.17, 15) is 0 Å². The zero-order valence-corrected chi connectivity index (χ0v) is 5.64. The lowest BCUT2D eigenvalue weighted by molar-refractivity contribution is -0.107. The second-order valence-corrected chi connectivity index (χ2v) is 3.94. The Balaban J connectivity index is 1.99. The van der Waals surface area contributed by atoms with Gasteiger partial charge in [0.25, 0.3) is 0 Å². The smallest absolute Gasteiger partial charge is 0.0168 e. The van der Waals surface area contributed by atoms with E-state index in [4.69, 9.17) is 0 Å². The highest BCUT2D eigenvalue weighted by Gasteiger charge is 2.60. The van der Waals surface area contributed by atoms with E-state index in [1.54, 1.807) is 0 Å². The minimum atomic E-state index is 0.861. The average molecular weight is 120 g/mol. The first-order chi connectivity index (χ1) is 4.42. The summed E-state index contributed by atoms with van der Waals surface area (Å²) in [5.74, 6) is 2.17. The maximum Gasteiger partial charge on any atom is -0.0168 e. The van der Waals surface area contributed by atoms with E-state index in [0.29, 0.717) is 0 Å². The van der Waals surface area contributed by atoms with Gasteiger partial charge in [-0.3, -0.25) is 0 Å².